The molecule has 436 valence electrons. The van der Waals surface area contributed by atoms with Crippen LogP contribution in [0.5, 0.6) is 0 Å². The molecule has 1 saturated heterocycles. The van der Waals surface area contributed by atoms with E-state index in [4.69, 9.17) is 40.1 Å². The summed E-state index contributed by atoms with van der Waals surface area (Å²) < 4.78 is 0. The van der Waals surface area contributed by atoms with Gasteiger partial charge >= 0.3 is 17.9 Å². The third-order valence-corrected chi connectivity index (χ3v) is 12.2. The molecule has 0 aromatic heterocycles. The molecule has 0 bridgehead atoms. The van der Waals surface area contributed by atoms with Gasteiger partial charge in [-0.15, -0.1) is 0 Å². The number of thiol groups is 1. The van der Waals surface area contributed by atoms with Crippen LogP contribution in [0.3, 0.4) is 0 Å². The molecule has 1 aliphatic heterocycles. The molecule has 33 heteroatoms. The highest BCUT2D eigenvalue weighted by molar-refractivity contribution is 7.80. The molecule has 77 heavy (non-hydrogen) atoms. The molecule has 1 aliphatic rings. The molecule has 1 rings (SSSR count). The van der Waals surface area contributed by atoms with Crippen LogP contribution in [0.15, 0.2) is 9.98 Å². The largest absolute Gasteiger partial charge is 0.481 e. The molecule has 8 amide bonds. The maximum Gasteiger partial charge on any atom is 0.326 e. The zero-order valence-corrected chi connectivity index (χ0v) is 43.8. The summed E-state index contributed by atoms with van der Waals surface area (Å²) in [7, 11) is 0. The number of nitrogens with two attached hydrogens (primary N) is 7. The van der Waals surface area contributed by atoms with Gasteiger partial charge in [0.15, 0.2) is 11.9 Å². The Morgan fingerprint density at radius 3 is 1.45 bits per heavy atom. The number of carbonyl (C=O) groups is 11. The summed E-state index contributed by atoms with van der Waals surface area (Å²) in [6, 6.07) is -13.3. The number of aliphatic carboxylic acids is 3. The van der Waals surface area contributed by atoms with Crippen LogP contribution in [0.2, 0.25) is 0 Å². The Morgan fingerprint density at radius 1 is 0.545 bits per heavy atom. The molecular formula is C44H79N17O15S. The molecule has 9 atom stereocenters. The number of unbranched alkanes of at least 4 members (excludes halogenated alkanes) is 2. The van der Waals surface area contributed by atoms with Crippen LogP contribution in [0.25, 0.3) is 0 Å². The van der Waals surface area contributed by atoms with Crippen LogP contribution in [0.1, 0.15) is 96.3 Å². The highest BCUT2D eigenvalue weighted by Crippen LogP contribution is 2.21. The first-order valence-electron chi connectivity index (χ1n) is 25.0. The number of carboxylic acid groups (broad SMARTS) is 3. The quantitative estimate of drug-likeness (QED) is 0.0118. The highest BCUT2D eigenvalue weighted by Gasteiger charge is 2.40. The normalized spacial score (nSPS) is 16.0. The van der Waals surface area contributed by atoms with Gasteiger partial charge in [-0.2, -0.15) is 12.6 Å². The fourth-order valence-corrected chi connectivity index (χ4v) is 7.82. The number of guanidine groups is 2. The van der Waals surface area contributed by atoms with Gasteiger partial charge in [0.05, 0.1) is 19.1 Å². The lowest BCUT2D eigenvalue weighted by Crippen LogP contribution is -2.60. The van der Waals surface area contributed by atoms with Gasteiger partial charge in [-0.1, -0.05) is 0 Å². The van der Waals surface area contributed by atoms with Crippen molar-refractivity contribution in [2.45, 2.75) is 151 Å². The average Bonchev–Trinajstić information content (AvgIpc) is 3.87. The van der Waals surface area contributed by atoms with Crippen LogP contribution in [0.4, 0.5) is 0 Å². The molecule has 32 nitrogen and oxygen atoms in total. The third-order valence-electron chi connectivity index (χ3n) is 11.8. The van der Waals surface area contributed by atoms with E-state index in [1.807, 2.05) is 0 Å². The highest BCUT2D eigenvalue weighted by atomic mass is 32.1. The number of carbonyl (C=O) groups excluding carboxylic acids is 8. The molecule has 0 aliphatic carbocycles. The van der Waals surface area contributed by atoms with Gasteiger partial charge in [-0.05, 0) is 96.6 Å². The minimum atomic E-state index is -1.82. The van der Waals surface area contributed by atoms with Crippen LogP contribution in [0, 0.1) is 0 Å². The van der Waals surface area contributed by atoms with E-state index in [9.17, 15) is 73.2 Å². The third kappa shape index (κ3) is 26.5. The number of rotatable bonds is 39. The van der Waals surface area contributed by atoms with Crippen molar-refractivity contribution in [3.05, 3.63) is 0 Å². The SMILES string of the molecule is NCCCC[C@H](NC(=O)[C@H](CCCCN)NC(=O)[C@@H]1CCCN1C(=O)[C@H](CCCN=C(N)N)NC(=O)[C@H](CO)NC(=O)[C@H](CCC(=O)O)NC(=O)[C@@H](N)CS)C(=O)N[C@@H](CC(=O)O)C(=O)N[C@@H](CCCN=C(N)N)C(=O)O. The van der Waals surface area contributed by atoms with Crippen molar-refractivity contribution in [3.8, 4) is 0 Å². The number of aliphatic hydroxyl groups is 1. The van der Waals surface area contributed by atoms with Crippen LogP contribution < -0.4 is 77.4 Å². The fourth-order valence-electron chi connectivity index (χ4n) is 7.65. The average molecular weight is 1120 g/mol. The first kappa shape index (κ1) is 67.9. The van der Waals surface area contributed by atoms with Gasteiger partial charge in [0.1, 0.15) is 48.3 Å². The van der Waals surface area contributed by atoms with Gasteiger partial charge < -0.3 is 103 Å². The summed E-state index contributed by atoms with van der Waals surface area (Å²) in [5.41, 5.74) is 38.6. The van der Waals surface area contributed by atoms with Crippen molar-refractivity contribution in [3.63, 3.8) is 0 Å². The molecule has 25 N–H and O–H groups in total. The summed E-state index contributed by atoms with van der Waals surface area (Å²) in [6.07, 6.45) is -0.609. The Balaban J connectivity index is 3.48. The number of hydrogen-bond donors (Lipinski definition) is 19. The number of aliphatic hydroxyl groups excluding tert-OH is 1. The van der Waals surface area contributed by atoms with Crippen molar-refractivity contribution in [1.29, 1.82) is 0 Å². The molecule has 1 heterocycles. The molecule has 0 aromatic rings. The van der Waals surface area contributed by atoms with E-state index < -0.39 is 145 Å². The number of nitrogens with one attached hydrogen (secondary N) is 7. The van der Waals surface area contributed by atoms with Crippen LogP contribution in [-0.4, -0.2) is 202 Å². The van der Waals surface area contributed by atoms with Crippen molar-refractivity contribution in [1.82, 2.24) is 42.1 Å². The molecule has 0 radical (unpaired) electrons. The first-order chi connectivity index (χ1) is 36.4. The van der Waals surface area contributed by atoms with Crippen LogP contribution in [-0.2, 0) is 52.7 Å². The van der Waals surface area contributed by atoms with Gasteiger partial charge in [-0.25, -0.2) is 4.79 Å². The monoisotopic (exact) mass is 1120 g/mol. The summed E-state index contributed by atoms with van der Waals surface area (Å²) in [6.45, 7) is -0.654. The molecule has 1 fully saturated rings. The fraction of sp³-hybridized carbons (Fsp3) is 0.705. The summed E-state index contributed by atoms with van der Waals surface area (Å²) in [5, 5.41) is 55.6. The Hall–Kier alpha value is -7.10. The van der Waals surface area contributed by atoms with E-state index in [0.29, 0.717) is 12.8 Å². The van der Waals surface area contributed by atoms with E-state index in [-0.39, 0.29) is 115 Å². The van der Waals surface area contributed by atoms with Crippen LogP contribution >= 0.6 is 12.6 Å². The Morgan fingerprint density at radius 2 is 0.974 bits per heavy atom. The topological polar surface area (TPSA) is 563 Å². The minimum Gasteiger partial charge on any atom is -0.481 e. The molecular weight excluding hydrogens is 1040 g/mol. The van der Waals surface area contributed by atoms with Gasteiger partial charge in [-0.3, -0.25) is 57.9 Å². The smallest absolute Gasteiger partial charge is 0.326 e. The summed E-state index contributed by atoms with van der Waals surface area (Å²) in [4.78, 5) is 153. The molecule has 0 unspecified atom stereocenters. The predicted molar refractivity (Wildman–Crippen MR) is 280 cm³/mol. The lowest BCUT2D eigenvalue weighted by Gasteiger charge is -2.31. The maximum absolute atomic E-state index is 14.4. The summed E-state index contributed by atoms with van der Waals surface area (Å²) >= 11 is 3.94. The zero-order valence-electron chi connectivity index (χ0n) is 42.9. The zero-order chi connectivity index (χ0) is 58.2. The number of aliphatic imine (C=N–C) groups is 2. The van der Waals surface area contributed by atoms with Crippen molar-refractivity contribution in [2.24, 2.45) is 50.1 Å². The van der Waals surface area contributed by atoms with E-state index in [1.54, 1.807) is 0 Å². The van der Waals surface area contributed by atoms with E-state index in [1.165, 1.54) is 4.90 Å². The number of amides is 8. The molecule has 0 spiro atoms. The molecule has 0 saturated carbocycles. The first-order valence-corrected chi connectivity index (χ1v) is 25.6. The van der Waals surface area contributed by atoms with E-state index in [0.717, 1.165) is 0 Å². The predicted octanol–water partition coefficient (Wildman–Crippen LogP) is -7.59. The van der Waals surface area contributed by atoms with Crippen molar-refractivity contribution < 1.29 is 73.2 Å². The number of hydrogen-bond acceptors (Lipinski definition) is 18. The van der Waals surface area contributed by atoms with Crippen molar-refractivity contribution >= 4 is 89.7 Å². The Bertz CT molecular complexity index is 2060. The van der Waals surface area contributed by atoms with Crippen molar-refractivity contribution in [2.75, 3.05) is 45.1 Å². The van der Waals surface area contributed by atoms with Gasteiger partial charge in [0.2, 0.25) is 47.3 Å². The second-order valence-electron chi connectivity index (χ2n) is 17.9. The number of likely N-dealkylation sites (tertiary alicyclic amines) is 1. The number of carboxylic acids is 3. The van der Waals surface area contributed by atoms with Gasteiger partial charge in [0, 0.05) is 31.8 Å². The lowest BCUT2D eigenvalue weighted by atomic mass is 10.0. The Kier molecular flexibility index (Phi) is 32.5. The second-order valence-corrected chi connectivity index (χ2v) is 18.3. The standard InChI is InChI=1S/C44H79N17O15S/c45-15-3-1-8-24(36(69)59-29(20-33(65)66)38(71)58-28(42(75)76)11-6-18-53-44(50)51)55-35(68)25(9-2-4-16-46)56-40(73)31-12-7-19-61(31)41(74)27(10-5-17-52-43(48)49)57-39(72)30(21-62)60-37(70)26(13-14-32(63)64)54-34(67)23(47)22-77/h23-31,62,77H,1-22,45-47H2,(H,54,67)(H,55,68)(H,56,73)(H,57,72)(H,58,71)(H,59,69)(H,60,70)(H,63,64)(H,65,66)(H,75,76)(H4,48,49,52)(H4,50,51,53)/t23-,24-,25-,26-,27-,28-,29-,30-,31-/m0/s1. The van der Waals surface area contributed by atoms with E-state index >= 15 is 0 Å². The molecule has 0 aromatic carbocycles. The Labute approximate surface area is 449 Å². The minimum absolute atomic E-state index is 0.0135. The number of nitrogens with zero attached hydrogens (tertiary/aromatic N) is 3. The summed E-state index contributed by atoms with van der Waals surface area (Å²) in [5.74, 6) is -12.6. The van der Waals surface area contributed by atoms with Gasteiger partial charge in [0.25, 0.3) is 0 Å². The van der Waals surface area contributed by atoms with E-state index in [2.05, 4.69) is 59.8 Å². The maximum atomic E-state index is 14.4. The second kappa shape index (κ2) is 36.8. The lowest BCUT2D eigenvalue weighted by molar-refractivity contribution is -0.144.